The average Bonchev–Trinajstić information content (AvgIpc) is 2.21. The van der Waals surface area contributed by atoms with E-state index in [1.54, 1.807) is 13.8 Å². The van der Waals surface area contributed by atoms with Crippen molar-refractivity contribution < 1.29 is 14.4 Å². The molecule has 0 aromatic heterocycles. The first-order valence-electron chi connectivity index (χ1n) is 5.30. The molecule has 1 aliphatic heterocycles. The van der Waals surface area contributed by atoms with Crippen LogP contribution in [0.2, 0.25) is 0 Å². The van der Waals surface area contributed by atoms with Gasteiger partial charge in [-0.2, -0.15) is 0 Å². The normalized spacial score (nSPS) is 17.8. The molecule has 88 valence electrons. The van der Waals surface area contributed by atoms with Gasteiger partial charge in [0.1, 0.15) is 0 Å². The Morgan fingerprint density at radius 1 is 1.19 bits per heavy atom. The first kappa shape index (κ1) is 12.4. The molecule has 0 aromatic carbocycles. The Morgan fingerprint density at radius 3 is 2.19 bits per heavy atom. The van der Waals surface area contributed by atoms with E-state index in [4.69, 9.17) is 0 Å². The Kier molecular flexibility index (Phi) is 3.47. The van der Waals surface area contributed by atoms with Crippen molar-refractivity contribution >= 4 is 17.8 Å². The maximum atomic E-state index is 11.9. The second-order valence-electron chi connectivity index (χ2n) is 3.99. The first-order valence-corrected chi connectivity index (χ1v) is 5.30. The van der Waals surface area contributed by atoms with E-state index in [0.29, 0.717) is 13.0 Å². The van der Waals surface area contributed by atoms with Crippen LogP contribution in [-0.2, 0) is 9.59 Å². The summed E-state index contributed by atoms with van der Waals surface area (Å²) in [6.45, 7) is 9.06. The summed E-state index contributed by atoms with van der Waals surface area (Å²) in [6, 6.07) is -0.816. The molecule has 16 heavy (non-hydrogen) atoms. The number of rotatable bonds is 3. The fraction of sp³-hybridized carbons (Fsp3) is 0.545. The maximum Gasteiger partial charge on any atom is 0.334 e. The molecule has 0 N–H and O–H groups in total. The molecular weight excluding hydrogens is 208 g/mol. The van der Waals surface area contributed by atoms with Gasteiger partial charge in [0.2, 0.25) is 0 Å². The number of amides is 4. The summed E-state index contributed by atoms with van der Waals surface area (Å²) in [5.74, 6) is -1.16. The molecule has 1 rings (SSSR count). The smallest absolute Gasteiger partial charge is 0.268 e. The molecule has 0 bridgehead atoms. The molecule has 0 unspecified atom stereocenters. The molecule has 4 amide bonds. The van der Waals surface area contributed by atoms with Crippen molar-refractivity contribution in [2.75, 3.05) is 6.54 Å². The highest BCUT2D eigenvalue weighted by Gasteiger charge is 2.41. The van der Waals surface area contributed by atoms with E-state index in [1.165, 1.54) is 0 Å². The van der Waals surface area contributed by atoms with Crippen LogP contribution < -0.4 is 0 Å². The molecule has 5 nitrogen and oxygen atoms in total. The van der Waals surface area contributed by atoms with Gasteiger partial charge in [0.15, 0.2) is 0 Å². The number of imide groups is 2. The Morgan fingerprint density at radius 2 is 1.75 bits per heavy atom. The zero-order valence-electron chi connectivity index (χ0n) is 9.82. The van der Waals surface area contributed by atoms with Crippen LogP contribution in [0.3, 0.4) is 0 Å². The standard InChI is InChI=1S/C11H16N2O3/c1-5-6-12-9(14)8(4)10(15)13(7(2)3)11(12)16/h7H,4-6H2,1-3H3. The van der Waals surface area contributed by atoms with E-state index < -0.39 is 17.8 Å². The number of hydrogen-bond donors (Lipinski definition) is 0. The third-order valence-corrected chi connectivity index (χ3v) is 2.38. The van der Waals surface area contributed by atoms with E-state index in [9.17, 15) is 14.4 Å². The summed E-state index contributed by atoms with van der Waals surface area (Å²) in [4.78, 5) is 37.4. The fourth-order valence-electron chi connectivity index (χ4n) is 1.58. The second kappa shape index (κ2) is 4.47. The summed E-state index contributed by atoms with van der Waals surface area (Å²) >= 11 is 0. The summed E-state index contributed by atoms with van der Waals surface area (Å²) in [7, 11) is 0. The molecule has 5 heteroatoms. The Hall–Kier alpha value is -1.65. The Labute approximate surface area is 94.7 Å². The lowest BCUT2D eigenvalue weighted by Gasteiger charge is -2.35. The monoisotopic (exact) mass is 224 g/mol. The Bertz CT molecular complexity index is 360. The quantitative estimate of drug-likeness (QED) is 0.533. The molecule has 0 saturated carbocycles. The van der Waals surface area contributed by atoms with Gasteiger partial charge in [-0.3, -0.25) is 19.4 Å². The van der Waals surface area contributed by atoms with Gasteiger partial charge >= 0.3 is 6.03 Å². The lowest BCUT2D eigenvalue weighted by molar-refractivity contribution is -0.136. The van der Waals surface area contributed by atoms with Crippen molar-refractivity contribution in [2.45, 2.75) is 33.2 Å². The number of carbonyl (C=O) groups is 3. The largest absolute Gasteiger partial charge is 0.334 e. The maximum absolute atomic E-state index is 11.9. The molecule has 0 atom stereocenters. The van der Waals surface area contributed by atoms with Gasteiger partial charge in [0, 0.05) is 12.6 Å². The van der Waals surface area contributed by atoms with Crippen molar-refractivity contribution in [1.29, 1.82) is 0 Å². The summed E-state index contributed by atoms with van der Waals surface area (Å²) in [5.41, 5.74) is -0.137. The van der Waals surface area contributed by atoms with Crippen molar-refractivity contribution in [2.24, 2.45) is 0 Å². The van der Waals surface area contributed by atoms with Crippen molar-refractivity contribution in [3.63, 3.8) is 0 Å². The predicted molar refractivity (Wildman–Crippen MR) is 58.5 cm³/mol. The van der Waals surface area contributed by atoms with E-state index in [2.05, 4.69) is 6.58 Å². The van der Waals surface area contributed by atoms with Crippen LogP contribution in [0.1, 0.15) is 27.2 Å². The molecular formula is C11H16N2O3. The van der Waals surface area contributed by atoms with Gasteiger partial charge in [-0.1, -0.05) is 13.5 Å². The third-order valence-electron chi connectivity index (χ3n) is 2.38. The van der Waals surface area contributed by atoms with Crippen LogP contribution in [0.15, 0.2) is 12.2 Å². The molecule has 0 aliphatic carbocycles. The van der Waals surface area contributed by atoms with Crippen molar-refractivity contribution in [3.8, 4) is 0 Å². The minimum atomic E-state index is -0.586. The van der Waals surface area contributed by atoms with Crippen molar-refractivity contribution in [3.05, 3.63) is 12.2 Å². The highest BCUT2D eigenvalue weighted by molar-refractivity contribution is 6.28. The van der Waals surface area contributed by atoms with Gasteiger partial charge < -0.3 is 0 Å². The van der Waals surface area contributed by atoms with Crippen LogP contribution in [0.5, 0.6) is 0 Å². The van der Waals surface area contributed by atoms with Crippen LogP contribution in [0.25, 0.3) is 0 Å². The molecule has 1 aliphatic rings. The number of barbiturate groups is 1. The SMILES string of the molecule is C=C1C(=O)N(CCC)C(=O)N(C(C)C)C1=O. The summed E-state index contributed by atoms with van der Waals surface area (Å²) < 4.78 is 0. The van der Waals surface area contributed by atoms with Gasteiger partial charge in [0.25, 0.3) is 11.8 Å². The van der Waals surface area contributed by atoms with Crippen LogP contribution in [0.4, 0.5) is 4.79 Å². The topological polar surface area (TPSA) is 57.7 Å². The number of nitrogens with zero attached hydrogens (tertiary/aromatic N) is 2. The van der Waals surface area contributed by atoms with Crippen molar-refractivity contribution in [1.82, 2.24) is 9.80 Å². The summed E-state index contributed by atoms with van der Waals surface area (Å²) in [5, 5.41) is 0. The first-order chi connectivity index (χ1) is 7.41. The lowest BCUT2D eigenvalue weighted by Crippen LogP contribution is -2.58. The molecule has 1 fully saturated rings. The van der Waals surface area contributed by atoms with Crippen LogP contribution in [0, 0.1) is 0 Å². The van der Waals surface area contributed by atoms with Gasteiger partial charge in [-0.05, 0) is 20.3 Å². The van der Waals surface area contributed by atoms with Gasteiger partial charge in [0.05, 0.1) is 5.57 Å². The number of carbonyl (C=O) groups excluding carboxylic acids is 3. The predicted octanol–water partition coefficient (Wildman–Crippen LogP) is 1.15. The fourth-order valence-corrected chi connectivity index (χ4v) is 1.58. The molecule has 1 saturated heterocycles. The van der Waals surface area contributed by atoms with E-state index in [1.807, 2.05) is 6.92 Å². The molecule has 0 aromatic rings. The van der Waals surface area contributed by atoms with Gasteiger partial charge in [-0.15, -0.1) is 0 Å². The molecule has 1 heterocycles. The Balaban J connectivity index is 3.07. The molecule has 0 spiro atoms. The summed E-state index contributed by atoms with van der Waals surface area (Å²) in [6.07, 6.45) is 0.658. The van der Waals surface area contributed by atoms with E-state index >= 15 is 0 Å². The zero-order chi connectivity index (χ0) is 12.5. The van der Waals surface area contributed by atoms with Gasteiger partial charge in [-0.25, -0.2) is 4.79 Å². The van der Waals surface area contributed by atoms with Crippen LogP contribution >= 0.6 is 0 Å². The highest BCUT2D eigenvalue weighted by atomic mass is 16.2. The molecule has 0 radical (unpaired) electrons. The lowest BCUT2D eigenvalue weighted by atomic mass is 10.1. The second-order valence-corrected chi connectivity index (χ2v) is 3.99. The van der Waals surface area contributed by atoms with E-state index in [-0.39, 0.29) is 11.6 Å². The minimum absolute atomic E-state index is 0.137. The van der Waals surface area contributed by atoms with Crippen LogP contribution in [-0.4, -0.2) is 40.2 Å². The minimum Gasteiger partial charge on any atom is -0.268 e. The van der Waals surface area contributed by atoms with E-state index in [0.717, 1.165) is 9.80 Å². The number of urea groups is 1. The average molecular weight is 224 g/mol. The highest BCUT2D eigenvalue weighted by Crippen LogP contribution is 2.18. The number of hydrogen-bond acceptors (Lipinski definition) is 3. The zero-order valence-corrected chi connectivity index (χ0v) is 9.82. The third kappa shape index (κ3) is 1.85.